The van der Waals surface area contributed by atoms with Crippen LogP contribution in [0.5, 0.6) is 0 Å². The topological polar surface area (TPSA) is 37.8 Å². The second-order valence-corrected chi connectivity index (χ2v) is 5.55. The Morgan fingerprint density at radius 2 is 2.14 bits per heavy atom. The van der Waals surface area contributed by atoms with Gasteiger partial charge in [0.1, 0.15) is 5.82 Å². The molecular weight excluding hydrogens is 312 g/mol. The summed E-state index contributed by atoms with van der Waals surface area (Å²) in [4.78, 5) is 7.97. The number of halogens is 4. The number of anilines is 1. The van der Waals surface area contributed by atoms with Crippen LogP contribution in [0.15, 0.2) is 10.7 Å². The smallest absolute Gasteiger partial charge is 0.250 e. The number of alkyl halides is 3. The first-order chi connectivity index (χ1) is 6.45. The van der Waals surface area contributed by atoms with Gasteiger partial charge in [0.05, 0.1) is 4.47 Å². The highest BCUT2D eigenvalue weighted by Gasteiger charge is 2.27. The van der Waals surface area contributed by atoms with E-state index in [1.165, 1.54) is 0 Å². The first-order valence-corrected chi connectivity index (χ1v) is 5.71. The van der Waals surface area contributed by atoms with Gasteiger partial charge in [0, 0.05) is 12.7 Å². The Hall–Kier alpha value is 0.230. The van der Waals surface area contributed by atoms with Crippen molar-refractivity contribution < 1.29 is 0 Å². The van der Waals surface area contributed by atoms with E-state index in [2.05, 4.69) is 31.2 Å². The number of rotatable bonds is 2. The average molecular weight is 319 g/mol. The maximum atomic E-state index is 5.65. The zero-order valence-electron chi connectivity index (χ0n) is 7.19. The summed E-state index contributed by atoms with van der Waals surface area (Å²) >= 11 is 20.2. The van der Waals surface area contributed by atoms with Crippen molar-refractivity contribution >= 4 is 56.6 Å². The van der Waals surface area contributed by atoms with Crippen molar-refractivity contribution in [1.82, 2.24) is 9.97 Å². The summed E-state index contributed by atoms with van der Waals surface area (Å²) in [5.74, 6) is 0.769. The summed E-state index contributed by atoms with van der Waals surface area (Å²) in [5, 5.41) is 3.01. The molecule has 0 atom stereocenters. The van der Waals surface area contributed by atoms with Gasteiger partial charge in [-0.15, -0.1) is 0 Å². The Balaban J connectivity index is 3.06. The fraction of sp³-hybridized carbons (Fsp3) is 0.429. The Bertz CT molecular complexity index is 326. The lowest BCUT2D eigenvalue weighted by Crippen LogP contribution is -2.10. The molecule has 1 aromatic heterocycles. The van der Waals surface area contributed by atoms with E-state index in [-0.39, 0.29) is 5.82 Å². The summed E-state index contributed by atoms with van der Waals surface area (Å²) in [6.07, 6.45) is 1.54. The van der Waals surface area contributed by atoms with E-state index in [1.807, 2.05) is 6.92 Å². The minimum absolute atomic E-state index is 0.154. The lowest BCUT2D eigenvalue weighted by atomic mass is 10.5. The minimum Gasteiger partial charge on any atom is -0.369 e. The van der Waals surface area contributed by atoms with E-state index in [0.29, 0.717) is 5.82 Å². The predicted octanol–water partition coefficient (Wildman–Crippen LogP) is 3.50. The number of hydrogen-bond acceptors (Lipinski definition) is 3. The quantitative estimate of drug-likeness (QED) is 0.848. The minimum atomic E-state index is -1.59. The van der Waals surface area contributed by atoms with Crippen LogP contribution < -0.4 is 5.32 Å². The Morgan fingerprint density at radius 3 is 2.64 bits per heavy atom. The summed E-state index contributed by atoms with van der Waals surface area (Å²) in [5.41, 5.74) is 0. The van der Waals surface area contributed by atoms with Crippen LogP contribution in [-0.4, -0.2) is 16.5 Å². The highest BCUT2D eigenvalue weighted by atomic mass is 79.9. The monoisotopic (exact) mass is 317 g/mol. The van der Waals surface area contributed by atoms with Crippen molar-refractivity contribution in [3.05, 3.63) is 16.5 Å². The van der Waals surface area contributed by atoms with Gasteiger partial charge in [-0.1, -0.05) is 34.8 Å². The van der Waals surface area contributed by atoms with E-state index in [9.17, 15) is 0 Å². The molecule has 0 radical (unpaired) electrons. The largest absolute Gasteiger partial charge is 0.369 e. The molecular formula is C7H7BrCl3N3. The normalized spacial score (nSPS) is 11.5. The molecule has 1 N–H and O–H groups in total. The molecule has 1 heterocycles. The molecule has 0 aromatic carbocycles. The van der Waals surface area contributed by atoms with Crippen molar-refractivity contribution in [2.45, 2.75) is 10.7 Å². The van der Waals surface area contributed by atoms with E-state index in [1.54, 1.807) is 6.20 Å². The van der Waals surface area contributed by atoms with Gasteiger partial charge >= 0.3 is 0 Å². The number of aromatic nitrogens is 2. The molecule has 0 fully saturated rings. The molecule has 1 aromatic rings. The Morgan fingerprint density at radius 1 is 1.50 bits per heavy atom. The summed E-state index contributed by atoms with van der Waals surface area (Å²) in [6.45, 7) is 2.68. The first kappa shape index (κ1) is 12.3. The zero-order chi connectivity index (χ0) is 10.8. The molecule has 0 aliphatic heterocycles. The van der Waals surface area contributed by atoms with Crippen molar-refractivity contribution in [2.75, 3.05) is 11.9 Å². The van der Waals surface area contributed by atoms with Gasteiger partial charge in [0.25, 0.3) is 0 Å². The Kier molecular flexibility index (Phi) is 4.25. The standard InChI is InChI=1S/C7H7BrCl3N3/c1-2-12-5-4(8)3-13-6(14-5)7(9,10)11/h3H,2H2,1H3,(H,12,13,14). The maximum Gasteiger partial charge on any atom is 0.250 e. The third-order valence-corrected chi connectivity index (χ3v) is 2.43. The molecule has 0 unspecified atom stereocenters. The highest BCUT2D eigenvalue weighted by Crippen LogP contribution is 2.36. The van der Waals surface area contributed by atoms with Crippen molar-refractivity contribution in [3.63, 3.8) is 0 Å². The molecule has 14 heavy (non-hydrogen) atoms. The van der Waals surface area contributed by atoms with Gasteiger partial charge in [-0.2, -0.15) is 0 Å². The number of nitrogens with one attached hydrogen (secondary N) is 1. The van der Waals surface area contributed by atoms with Crippen molar-refractivity contribution in [1.29, 1.82) is 0 Å². The molecule has 7 heteroatoms. The van der Waals surface area contributed by atoms with Crippen molar-refractivity contribution in [3.8, 4) is 0 Å². The van der Waals surface area contributed by atoms with Crippen LogP contribution in [0.4, 0.5) is 5.82 Å². The highest BCUT2D eigenvalue weighted by molar-refractivity contribution is 9.10. The van der Waals surface area contributed by atoms with Crippen LogP contribution in [-0.2, 0) is 3.79 Å². The molecule has 0 spiro atoms. The van der Waals surface area contributed by atoms with Gasteiger partial charge in [-0.3, -0.25) is 0 Å². The summed E-state index contributed by atoms with van der Waals surface area (Å²) < 4.78 is -0.859. The molecule has 0 aliphatic carbocycles. The van der Waals surface area contributed by atoms with Gasteiger partial charge < -0.3 is 5.32 Å². The molecule has 0 aliphatic rings. The Labute approximate surface area is 105 Å². The number of nitrogens with zero attached hydrogens (tertiary/aromatic N) is 2. The molecule has 78 valence electrons. The second-order valence-electron chi connectivity index (χ2n) is 2.42. The van der Waals surface area contributed by atoms with Gasteiger partial charge in [-0.05, 0) is 22.9 Å². The third kappa shape index (κ3) is 3.12. The fourth-order valence-corrected chi connectivity index (χ4v) is 1.40. The molecule has 3 nitrogen and oxygen atoms in total. The van der Waals surface area contributed by atoms with E-state index >= 15 is 0 Å². The predicted molar refractivity (Wildman–Crippen MR) is 63.1 cm³/mol. The molecule has 0 saturated carbocycles. The molecule has 0 bridgehead atoms. The molecule has 1 rings (SSSR count). The van der Waals surface area contributed by atoms with Gasteiger partial charge in [-0.25, -0.2) is 9.97 Å². The van der Waals surface area contributed by atoms with Crippen LogP contribution in [0, 0.1) is 0 Å². The van der Waals surface area contributed by atoms with E-state index in [0.717, 1.165) is 11.0 Å². The van der Waals surface area contributed by atoms with Crippen LogP contribution in [0.3, 0.4) is 0 Å². The summed E-state index contributed by atoms with van der Waals surface area (Å²) in [6, 6.07) is 0. The van der Waals surface area contributed by atoms with Crippen LogP contribution in [0.2, 0.25) is 0 Å². The lowest BCUT2D eigenvalue weighted by Gasteiger charge is -2.11. The third-order valence-electron chi connectivity index (χ3n) is 1.34. The summed E-state index contributed by atoms with van der Waals surface area (Å²) in [7, 11) is 0. The fourth-order valence-electron chi connectivity index (χ4n) is 0.795. The van der Waals surface area contributed by atoms with E-state index in [4.69, 9.17) is 34.8 Å². The average Bonchev–Trinajstić information content (AvgIpc) is 2.07. The second kappa shape index (κ2) is 4.84. The van der Waals surface area contributed by atoms with Gasteiger partial charge in [0.15, 0.2) is 5.82 Å². The molecule has 0 amide bonds. The first-order valence-electron chi connectivity index (χ1n) is 3.78. The SMILES string of the molecule is CCNc1nc(C(Cl)(Cl)Cl)ncc1Br. The molecule has 0 saturated heterocycles. The van der Waals surface area contributed by atoms with Crippen LogP contribution in [0.25, 0.3) is 0 Å². The zero-order valence-corrected chi connectivity index (χ0v) is 11.0. The van der Waals surface area contributed by atoms with E-state index < -0.39 is 3.79 Å². The lowest BCUT2D eigenvalue weighted by molar-refractivity contribution is 0.956. The number of hydrogen-bond donors (Lipinski definition) is 1. The maximum absolute atomic E-state index is 5.65. The van der Waals surface area contributed by atoms with Crippen LogP contribution >= 0.6 is 50.7 Å². The van der Waals surface area contributed by atoms with Crippen molar-refractivity contribution in [2.24, 2.45) is 0 Å². The van der Waals surface area contributed by atoms with Crippen LogP contribution in [0.1, 0.15) is 12.7 Å². The van der Waals surface area contributed by atoms with Gasteiger partial charge in [0.2, 0.25) is 3.79 Å².